The molecule has 2 N–H and O–H groups in total. The van der Waals surface area contributed by atoms with Gasteiger partial charge in [-0.05, 0) is 36.8 Å². The molecule has 0 heterocycles. The molecular weight excluding hydrogens is 266 g/mol. The number of hydrogen-bond donors (Lipinski definition) is 2. The topological polar surface area (TPSA) is 66.4 Å². The lowest BCUT2D eigenvalue weighted by Crippen LogP contribution is -2.40. The lowest BCUT2D eigenvalue weighted by molar-refractivity contribution is -0.147. The van der Waals surface area contributed by atoms with E-state index in [1.54, 1.807) is 0 Å². The second kappa shape index (κ2) is 5.72. The number of aliphatic carboxylic acids is 1. The molecule has 110 valence electrons. The molecule has 3 atom stereocenters. The molecule has 4 nitrogen and oxygen atoms in total. The van der Waals surface area contributed by atoms with E-state index < -0.39 is 17.8 Å². The van der Waals surface area contributed by atoms with Crippen LogP contribution in [0.1, 0.15) is 36.4 Å². The Labute approximate surface area is 123 Å². The lowest BCUT2D eigenvalue weighted by atomic mass is 9.82. The van der Waals surface area contributed by atoms with E-state index in [1.165, 1.54) is 11.1 Å². The molecule has 2 aliphatic rings. The van der Waals surface area contributed by atoms with Crippen molar-refractivity contribution in [1.82, 2.24) is 5.32 Å². The average Bonchev–Trinajstić information content (AvgIpc) is 2.90. The first kappa shape index (κ1) is 13.9. The summed E-state index contributed by atoms with van der Waals surface area (Å²) in [4.78, 5) is 23.8. The van der Waals surface area contributed by atoms with Gasteiger partial charge in [0.15, 0.2) is 0 Å². The van der Waals surface area contributed by atoms with E-state index in [1.807, 2.05) is 30.4 Å². The summed E-state index contributed by atoms with van der Waals surface area (Å²) >= 11 is 0. The van der Waals surface area contributed by atoms with E-state index in [4.69, 9.17) is 0 Å². The second-order valence-corrected chi connectivity index (χ2v) is 5.79. The normalized spacial score (nSPS) is 27.1. The van der Waals surface area contributed by atoms with Gasteiger partial charge in [0.2, 0.25) is 5.91 Å². The third kappa shape index (κ3) is 2.71. The Hall–Kier alpha value is -2.10. The Balaban J connectivity index is 1.72. The van der Waals surface area contributed by atoms with Crippen LogP contribution in [0.3, 0.4) is 0 Å². The molecular formula is C17H19NO3. The highest BCUT2D eigenvalue weighted by Gasteiger charge is 2.35. The number of rotatable bonds is 3. The zero-order chi connectivity index (χ0) is 14.8. The van der Waals surface area contributed by atoms with Crippen LogP contribution in [0.25, 0.3) is 0 Å². The van der Waals surface area contributed by atoms with Crippen molar-refractivity contribution in [3.8, 4) is 0 Å². The minimum Gasteiger partial charge on any atom is -0.481 e. The highest BCUT2D eigenvalue weighted by Crippen LogP contribution is 2.32. The van der Waals surface area contributed by atoms with E-state index in [2.05, 4.69) is 11.4 Å². The fourth-order valence-electron chi connectivity index (χ4n) is 3.36. The number of amides is 1. The number of nitrogens with one attached hydrogen (secondary N) is 1. The van der Waals surface area contributed by atoms with Gasteiger partial charge in [-0.15, -0.1) is 0 Å². The van der Waals surface area contributed by atoms with E-state index >= 15 is 0 Å². The molecule has 0 saturated carbocycles. The molecule has 0 spiro atoms. The Kier molecular flexibility index (Phi) is 3.78. The van der Waals surface area contributed by atoms with Crippen LogP contribution in [0, 0.1) is 11.8 Å². The van der Waals surface area contributed by atoms with Crippen LogP contribution < -0.4 is 5.32 Å². The van der Waals surface area contributed by atoms with Crippen LogP contribution >= 0.6 is 0 Å². The molecule has 3 rings (SSSR count). The van der Waals surface area contributed by atoms with Gasteiger partial charge in [-0.25, -0.2) is 0 Å². The predicted molar refractivity (Wildman–Crippen MR) is 78.6 cm³/mol. The Morgan fingerprint density at radius 1 is 1.10 bits per heavy atom. The Bertz CT molecular complexity index is 593. The summed E-state index contributed by atoms with van der Waals surface area (Å²) in [5.74, 6) is -2.08. The minimum atomic E-state index is -0.883. The van der Waals surface area contributed by atoms with Crippen molar-refractivity contribution in [2.45, 2.75) is 31.7 Å². The van der Waals surface area contributed by atoms with Gasteiger partial charge in [0.25, 0.3) is 0 Å². The Morgan fingerprint density at radius 3 is 2.57 bits per heavy atom. The SMILES string of the molecule is O=C(O)[C@H]1CC=CC[C@H]1C(=O)NC1CCc2ccccc21. The third-order valence-corrected chi connectivity index (χ3v) is 4.54. The van der Waals surface area contributed by atoms with Gasteiger partial charge >= 0.3 is 5.97 Å². The van der Waals surface area contributed by atoms with Crippen LogP contribution in [-0.2, 0) is 16.0 Å². The maximum atomic E-state index is 12.5. The molecule has 4 heteroatoms. The smallest absolute Gasteiger partial charge is 0.307 e. The number of allylic oxidation sites excluding steroid dienone is 2. The van der Waals surface area contributed by atoms with Crippen molar-refractivity contribution in [3.63, 3.8) is 0 Å². The molecule has 0 aromatic heterocycles. The molecule has 1 amide bonds. The first-order chi connectivity index (χ1) is 10.2. The van der Waals surface area contributed by atoms with Gasteiger partial charge in [0.05, 0.1) is 17.9 Å². The highest BCUT2D eigenvalue weighted by molar-refractivity contribution is 5.85. The highest BCUT2D eigenvalue weighted by atomic mass is 16.4. The molecule has 0 bridgehead atoms. The zero-order valence-electron chi connectivity index (χ0n) is 11.8. The van der Waals surface area contributed by atoms with Crippen molar-refractivity contribution in [2.75, 3.05) is 0 Å². The number of hydrogen-bond acceptors (Lipinski definition) is 2. The number of aryl methyl sites for hydroxylation is 1. The van der Waals surface area contributed by atoms with Crippen molar-refractivity contribution >= 4 is 11.9 Å². The molecule has 21 heavy (non-hydrogen) atoms. The summed E-state index contributed by atoms with van der Waals surface area (Å²) in [6.45, 7) is 0. The van der Waals surface area contributed by atoms with E-state index in [9.17, 15) is 14.7 Å². The van der Waals surface area contributed by atoms with Crippen LogP contribution in [0.15, 0.2) is 36.4 Å². The molecule has 2 aliphatic carbocycles. The maximum absolute atomic E-state index is 12.5. The second-order valence-electron chi connectivity index (χ2n) is 5.79. The number of benzene rings is 1. The molecule has 1 aromatic rings. The monoisotopic (exact) mass is 285 g/mol. The van der Waals surface area contributed by atoms with Crippen LogP contribution in [0.4, 0.5) is 0 Å². The van der Waals surface area contributed by atoms with Crippen LogP contribution in [-0.4, -0.2) is 17.0 Å². The van der Waals surface area contributed by atoms with E-state index in [0.29, 0.717) is 12.8 Å². The molecule has 0 radical (unpaired) electrons. The summed E-state index contributed by atoms with van der Waals surface area (Å²) < 4.78 is 0. The predicted octanol–water partition coefficient (Wildman–Crippen LogP) is 2.46. The summed E-state index contributed by atoms with van der Waals surface area (Å²) in [5, 5.41) is 12.3. The summed E-state index contributed by atoms with van der Waals surface area (Å²) in [5.41, 5.74) is 2.45. The summed E-state index contributed by atoms with van der Waals surface area (Å²) in [6, 6.07) is 8.14. The third-order valence-electron chi connectivity index (χ3n) is 4.54. The fourth-order valence-corrected chi connectivity index (χ4v) is 3.36. The van der Waals surface area contributed by atoms with Gasteiger partial charge < -0.3 is 10.4 Å². The first-order valence-electron chi connectivity index (χ1n) is 7.43. The number of carboxylic acids is 1. The number of fused-ring (bicyclic) bond motifs is 1. The van der Waals surface area contributed by atoms with Gasteiger partial charge in [-0.3, -0.25) is 9.59 Å². The summed E-state index contributed by atoms with van der Waals surface area (Å²) in [6.07, 6.45) is 6.57. The quantitative estimate of drug-likeness (QED) is 0.838. The van der Waals surface area contributed by atoms with Crippen molar-refractivity contribution < 1.29 is 14.7 Å². The van der Waals surface area contributed by atoms with Crippen molar-refractivity contribution in [1.29, 1.82) is 0 Å². The number of carboxylic acid groups (broad SMARTS) is 1. The molecule has 0 saturated heterocycles. The summed E-state index contributed by atoms with van der Waals surface area (Å²) in [7, 11) is 0. The molecule has 1 unspecified atom stereocenters. The first-order valence-corrected chi connectivity index (χ1v) is 7.43. The van der Waals surface area contributed by atoms with Gasteiger partial charge in [0.1, 0.15) is 0 Å². The van der Waals surface area contributed by atoms with Crippen LogP contribution in [0.5, 0.6) is 0 Å². The molecule has 0 fully saturated rings. The van der Waals surface area contributed by atoms with E-state index in [-0.39, 0.29) is 11.9 Å². The zero-order valence-corrected chi connectivity index (χ0v) is 11.8. The van der Waals surface area contributed by atoms with Crippen molar-refractivity contribution in [3.05, 3.63) is 47.5 Å². The largest absolute Gasteiger partial charge is 0.481 e. The number of carbonyl (C=O) groups is 2. The lowest BCUT2D eigenvalue weighted by Gasteiger charge is -2.26. The fraction of sp³-hybridized carbons (Fsp3) is 0.412. The van der Waals surface area contributed by atoms with Crippen LogP contribution in [0.2, 0.25) is 0 Å². The van der Waals surface area contributed by atoms with Gasteiger partial charge in [-0.1, -0.05) is 36.4 Å². The van der Waals surface area contributed by atoms with Gasteiger partial charge in [-0.2, -0.15) is 0 Å². The number of carbonyl (C=O) groups excluding carboxylic acids is 1. The molecule has 0 aliphatic heterocycles. The maximum Gasteiger partial charge on any atom is 0.307 e. The minimum absolute atomic E-state index is 0.0223. The standard InChI is InChI=1S/C17H19NO3/c19-16(13-7-3-4-8-14(13)17(20)21)18-15-10-9-11-5-1-2-6-12(11)15/h1-6,13-15H,7-10H2,(H,18,19)(H,20,21)/t13-,14+,15?/m1/s1. The average molecular weight is 285 g/mol. The van der Waals surface area contributed by atoms with E-state index in [0.717, 1.165) is 12.8 Å². The van der Waals surface area contributed by atoms with Crippen molar-refractivity contribution in [2.24, 2.45) is 11.8 Å². The molecule has 1 aromatic carbocycles. The van der Waals surface area contributed by atoms with Gasteiger partial charge in [0, 0.05) is 0 Å². The Morgan fingerprint density at radius 2 is 1.81 bits per heavy atom.